The molecule has 1 N–H and O–H groups in total. The highest BCUT2D eigenvalue weighted by atomic mass is 16.6. The van der Waals surface area contributed by atoms with Crippen molar-refractivity contribution in [2.24, 2.45) is 5.92 Å². The zero-order valence-electron chi connectivity index (χ0n) is 5.68. The number of hydrogen-bond acceptors (Lipinski definition) is 2. The Hall–Kier alpha value is -0.830. The Balaban J connectivity index is 3.58. The molecule has 0 aromatic rings. The van der Waals surface area contributed by atoms with Crippen molar-refractivity contribution in [2.45, 2.75) is 6.92 Å². The van der Waals surface area contributed by atoms with Crippen molar-refractivity contribution >= 4 is 5.91 Å². The van der Waals surface area contributed by atoms with Crippen molar-refractivity contribution < 1.29 is 9.63 Å². The van der Waals surface area contributed by atoms with E-state index in [-0.39, 0.29) is 11.8 Å². The maximum Gasteiger partial charge on any atom is 0.250 e. The Morgan fingerprint density at radius 1 is 1.89 bits per heavy atom. The lowest BCUT2D eigenvalue weighted by molar-refractivity contribution is -0.133. The van der Waals surface area contributed by atoms with Crippen LogP contribution in [-0.4, -0.2) is 13.0 Å². The highest BCUT2D eigenvalue weighted by molar-refractivity contribution is 5.78. The number of nitrogens with one attached hydrogen (secondary N) is 1. The molecule has 52 valence electrons. The van der Waals surface area contributed by atoms with E-state index in [0.29, 0.717) is 0 Å². The summed E-state index contributed by atoms with van der Waals surface area (Å²) in [5.74, 6) is -0.363. The first kappa shape index (κ1) is 8.17. The molecule has 0 aliphatic rings. The number of amides is 1. The SMILES string of the molecule is C=CC(C)C(=O)NOC. The number of carbonyl (C=O) groups excluding carboxylic acids is 1. The monoisotopic (exact) mass is 129 g/mol. The molecule has 3 nitrogen and oxygen atoms in total. The molecule has 1 amide bonds. The number of hydroxylamine groups is 1. The highest BCUT2D eigenvalue weighted by Crippen LogP contribution is 1.93. The second kappa shape index (κ2) is 4.09. The van der Waals surface area contributed by atoms with Gasteiger partial charge in [-0.05, 0) is 0 Å². The van der Waals surface area contributed by atoms with Crippen LogP contribution in [0.4, 0.5) is 0 Å². The lowest BCUT2D eigenvalue weighted by Crippen LogP contribution is -2.26. The molecule has 0 heterocycles. The molecule has 0 saturated heterocycles. The Bertz CT molecular complexity index is 112. The molecule has 0 rings (SSSR count). The maximum atomic E-state index is 10.7. The van der Waals surface area contributed by atoms with E-state index in [2.05, 4.69) is 16.9 Å². The molecule has 0 aromatic carbocycles. The summed E-state index contributed by atoms with van der Waals surface area (Å²) in [5.41, 5.74) is 2.19. The highest BCUT2D eigenvalue weighted by Gasteiger charge is 2.05. The first-order chi connectivity index (χ1) is 4.22. The normalized spacial score (nSPS) is 12.2. The summed E-state index contributed by atoms with van der Waals surface area (Å²) in [5, 5.41) is 0. The summed E-state index contributed by atoms with van der Waals surface area (Å²) in [4.78, 5) is 15.0. The fourth-order valence-corrected chi connectivity index (χ4v) is 0.301. The number of rotatable bonds is 3. The van der Waals surface area contributed by atoms with Crippen LogP contribution in [0.3, 0.4) is 0 Å². The molecular weight excluding hydrogens is 118 g/mol. The average molecular weight is 129 g/mol. The van der Waals surface area contributed by atoms with E-state index in [4.69, 9.17) is 0 Å². The summed E-state index contributed by atoms with van der Waals surface area (Å²) in [7, 11) is 1.40. The molecule has 0 spiro atoms. The van der Waals surface area contributed by atoms with Gasteiger partial charge >= 0.3 is 0 Å². The topological polar surface area (TPSA) is 38.3 Å². The molecule has 0 fully saturated rings. The molecule has 0 saturated carbocycles. The second-order valence-corrected chi connectivity index (χ2v) is 1.69. The van der Waals surface area contributed by atoms with Gasteiger partial charge in [0, 0.05) is 0 Å². The summed E-state index contributed by atoms with van der Waals surface area (Å²) >= 11 is 0. The molecule has 0 aromatic heterocycles. The second-order valence-electron chi connectivity index (χ2n) is 1.69. The van der Waals surface area contributed by atoms with Gasteiger partial charge in [-0.25, -0.2) is 5.48 Å². The van der Waals surface area contributed by atoms with Gasteiger partial charge in [0.25, 0.3) is 0 Å². The summed E-state index contributed by atoms with van der Waals surface area (Å²) in [6.07, 6.45) is 1.55. The van der Waals surface area contributed by atoms with Crippen molar-refractivity contribution in [1.82, 2.24) is 5.48 Å². The fourth-order valence-electron chi connectivity index (χ4n) is 0.301. The largest absolute Gasteiger partial charge is 0.277 e. The van der Waals surface area contributed by atoms with Crippen molar-refractivity contribution in [3.63, 3.8) is 0 Å². The summed E-state index contributed by atoms with van der Waals surface area (Å²) in [6.45, 7) is 5.18. The van der Waals surface area contributed by atoms with E-state index in [9.17, 15) is 4.79 Å². The Kier molecular flexibility index (Phi) is 3.71. The molecule has 0 aliphatic heterocycles. The number of hydrogen-bond donors (Lipinski definition) is 1. The molecule has 0 radical (unpaired) electrons. The van der Waals surface area contributed by atoms with Gasteiger partial charge in [0.1, 0.15) is 0 Å². The van der Waals surface area contributed by atoms with Gasteiger partial charge in [0.2, 0.25) is 5.91 Å². The van der Waals surface area contributed by atoms with Crippen molar-refractivity contribution in [3.05, 3.63) is 12.7 Å². The van der Waals surface area contributed by atoms with E-state index < -0.39 is 0 Å². The fraction of sp³-hybridized carbons (Fsp3) is 0.500. The van der Waals surface area contributed by atoms with Crippen LogP contribution in [0.5, 0.6) is 0 Å². The van der Waals surface area contributed by atoms with Crippen LogP contribution in [-0.2, 0) is 9.63 Å². The predicted molar refractivity (Wildman–Crippen MR) is 34.5 cm³/mol. The van der Waals surface area contributed by atoms with Crippen LogP contribution in [0.1, 0.15) is 6.92 Å². The smallest absolute Gasteiger partial charge is 0.250 e. The third-order valence-electron chi connectivity index (χ3n) is 0.970. The van der Waals surface area contributed by atoms with Gasteiger partial charge in [-0.15, -0.1) is 6.58 Å². The van der Waals surface area contributed by atoms with Crippen LogP contribution < -0.4 is 5.48 Å². The van der Waals surface area contributed by atoms with Gasteiger partial charge in [0.05, 0.1) is 13.0 Å². The minimum Gasteiger partial charge on any atom is -0.277 e. The minimum absolute atomic E-state index is 0.174. The van der Waals surface area contributed by atoms with E-state index in [1.807, 2.05) is 0 Å². The van der Waals surface area contributed by atoms with Crippen LogP contribution in [0, 0.1) is 5.92 Å². The summed E-state index contributed by atoms with van der Waals surface area (Å²) < 4.78 is 0. The third kappa shape index (κ3) is 2.87. The van der Waals surface area contributed by atoms with Gasteiger partial charge < -0.3 is 0 Å². The van der Waals surface area contributed by atoms with Crippen molar-refractivity contribution in [3.8, 4) is 0 Å². The number of carbonyl (C=O) groups is 1. The van der Waals surface area contributed by atoms with E-state index in [1.165, 1.54) is 7.11 Å². The first-order valence-corrected chi connectivity index (χ1v) is 2.67. The first-order valence-electron chi connectivity index (χ1n) is 2.67. The molecule has 3 heteroatoms. The van der Waals surface area contributed by atoms with Crippen molar-refractivity contribution in [2.75, 3.05) is 7.11 Å². The molecular formula is C6H11NO2. The Morgan fingerprint density at radius 2 is 2.44 bits per heavy atom. The standard InChI is InChI=1S/C6H11NO2/c1-4-5(2)6(8)7-9-3/h4-5H,1H2,2-3H3,(H,7,8). The minimum atomic E-state index is -0.190. The van der Waals surface area contributed by atoms with Gasteiger partial charge in [-0.1, -0.05) is 13.0 Å². The van der Waals surface area contributed by atoms with E-state index in [0.717, 1.165) is 0 Å². The van der Waals surface area contributed by atoms with E-state index in [1.54, 1.807) is 13.0 Å². The molecule has 0 aliphatic carbocycles. The lowest BCUT2D eigenvalue weighted by Gasteiger charge is -2.03. The third-order valence-corrected chi connectivity index (χ3v) is 0.970. The van der Waals surface area contributed by atoms with Crippen LogP contribution in [0.25, 0.3) is 0 Å². The Morgan fingerprint density at radius 3 is 2.78 bits per heavy atom. The van der Waals surface area contributed by atoms with Crippen LogP contribution in [0.2, 0.25) is 0 Å². The summed E-state index contributed by atoms with van der Waals surface area (Å²) in [6, 6.07) is 0. The average Bonchev–Trinajstić information content (AvgIpc) is 1.87. The van der Waals surface area contributed by atoms with Crippen molar-refractivity contribution in [1.29, 1.82) is 0 Å². The maximum absolute atomic E-state index is 10.7. The van der Waals surface area contributed by atoms with Crippen LogP contribution in [0.15, 0.2) is 12.7 Å². The predicted octanol–water partition coefficient (Wildman–Crippen LogP) is 0.486. The van der Waals surface area contributed by atoms with E-state index >= 15 is 0 Å². The zero-order valence-corrected chi connectivity index (χ0v) is 5.68. The molecule has 9 heavy (non-hydrogen) atoms. The van der Waals surface area contributed by atoms with Crippen LogP contribution >= 0.6 is 0 Å². The quantitative estimate of drug-likeness (QED) is 0.444. The lowest BCUT2D eigenvalue weighted by atomic mass is 10.2. The van der Waals surface area contributed by atoms with Gasteiger partial charge in [-0.2, -0.15) is 0 Å². The zero-order chi connectivity index (χ0) is 7.28. The molecule has 0 bridgehead atoms. The van der Waals surface area contributed by atoms with Gasteiger partial charge in [0.15, 0.2) is 0 Å². The Labute approximate surface area is 54.7 Å². The molecule has 1 unspecified atom stereocenters. The molecule has 1 atom stereocenters. The van der Waals surface area contributed by atoms with Gasteiger partial charge in [-0.3, -0.25) is 9.63 Å².